The van der Waals surface area contributed by atoms with E-state index in [0.29, 0.717) is 12.3 Å². The van der Waals surface area contributed by atoms with E-state index >= 15 is 0 Å². The molecule has 1 aromatic rings. The van der Waals surface area contributed by atoms with E-state index in [9.17, 15) is 4.79 Å². The van der Waals surface area contributed by atoms with Crippen LogP contribution < -0.4 is 5.32 Å². The molecule has 14 heavy (non-hydrogen) atoms. The summed E-state index contributed by atoms with van der Waals surface area (Å²) in [5, 5.41) is 2.84. The molecule has 0 radical (unpaired) electrons. The second-order valence-electron chi connectivity index (χ2n) is 3.07. The fourth-order valence-electron chi connectivity index (χ4n) is 1.38. The van der Waals surface area contributed by atoms with Crippen molar-refractivity contribution < 1.29 is 4.79 Å². The largest absolute Gasteiger partial charge is 0.324 e. The summed E-state index contributed by atoms with van der Waals surface area (Å²) < 4.78 is 0. The minimum Gasteiger partial charge on any atom is -0.324 e. The van der Waals surface area contributed by atoms with Crippen LogP contribution in [0.1, 0.15) is 6.42 Å². The van der Waals surface area contributed by atoms with E-state index in [4.69, 9.17) is 11.6 Å². The van der Waals surface area contributed by atoms with E-state index in [1.807, 2.05) is 24.3 Å². The van der Waals surface area contributed by atoms with Gasteiger partial charge in [0.2, 0.25) is 5.91 Å². The van der Waals surface area contributed by atoms with Gasteiger partial charge in [-0.3, -0.25) is 4.79 Å². The molecule has 74 valence electrons. The van der Waals surface area contributed by atoms with Gasteiger partial charge in [0.1, 0.15) is 0 Å². The molecule has 1 N–H and O–H groups in total. The highest BCUT2D eigenvalue weighted by Crippen LogP contribution is 2.36. The third-order valence-corrected chi connectivity index (χ3v) is 3.64. The number of carbonyl (C=O) groups excluding carboxylic acids is 1. The molecule has 1 heterocycles. The van der Waals surface area contributed by atoms with Gasteiger partial charge in [-0.2, -0.15) is 0 Å². The number of thioether (sulfide) groups is 1. The summed E-state index contributed by atoms with van der Waals surface area (Å²) in [4.78, 5) is 12.7. The number of fused-ring (bicyclic) bond motifs is 1. The Hall–Kier alpha value is -0.670. The summed E-state index contributed by atoms with van der Waals surface area (Å²) in [6.45, 7) is 0. The number of carbonyl (C=O) groups is 1. The number of halogens is 1. The molecule has 1 atom stereocenters. The van der Waals surface area contributed by atoms with Gasteiger partial charge >= 0.3 is 0 Å². The highest BCUT2D eigenvalue weighted by molar-refractivity contribution is 8.01. The third-order valence-electron chi connectivity index (χ3n) is 2.08. The molecule has 0 bridgehead atoms. The average molecular weight is 228 g/mol. The van der Waals surface area contributed by atoms with E-state index in [1.165, 1.54) is 0 Å². The van der Waals surface area contributed by atoms with E-state index in [0.717, 1.165) is 10.6 Å². The lowest BCUT2D eigenvalue weighted by molar-refractivity contribution is -0.115. The molecule has 0 saturated carbocycles. The number of nitrogens with one attached hydrogen (secondary N) is 1. The zero-order chi connectivity index (χ0) is 9.97. The lowest BCUT2D eigenvalue weighted by Gasteiger charge is -2.23. The number of alkyl halides is 1. The van der Waals surface area contributed by atoms with Crippen molar-refractivity contribution in [3.05, 3.63) is 24.3 Å². The Morgan fingerprint density at radius 3 is 3.00 bits per heavy atom. The minimum atomic E-state index is -0.0394. The molecular weight excluding hydrogens is 218 g/mol. The Morgan fingerprint density at radius 2 is 2.21 bits per heavy atom. The summed E-state index contributed by atoms with van der Waals surface area (Å²) in [7, 11) is 0. The Bertz CT molecular complexity index is 356. The molecule has 0 spiro atoms. The number of amides is 1. The monoisotopic (exact) mass is 227 g/mol. The van der Waals surface area contributed by atoms with Crippen LogP contribution in [0.3, 0.4) is 0 Å². The summed E-state index contributed by atoms with van der Waals surface area (Å²) >= 11 is 7.23. The number of rotatable bonds is 2. The number of para-hydroxylation sites is 1. The maximum atomic E-state index is 11.6. The van der Waals surface area contributed by atoms with Gasteiger partial charge in [0.15, 0.2) is 0 Å². The molecule has 0 aromatic heterocycles. The van der Waals surface area contributed by atoms with Crippen molar-refractivity contribution in [3.63, 3.8) is 0 Å². The minimum absolute atomic E-state index is 0.0394. The second kappa shape index (κ2) is 4.24. The Kier molecular flexibility index (Phi) is 2.99. The molecule has 0 unspecified atom stereocenters. The highest BCUT2D eigenvalue weighted by Gasteiger charge is 2.25. The number of hydrogen-bond donors (Lipinski definition) is 1. The molecule has 4 heteroatoms. The smallest absolute Gasteiger partial charge is 0.237 e. The Morgan fingerprint density at radius 1 is 1.43 bits per heavy atom. The van der Waals surface area contributed by atoms with E-state index in [1.54, 1.807) is 11.8 Å². The van der Waals surface area contributed by atoms with Gasteiger partial charge in [-0.1, -0.05) is 12.1 Å². The fourth-order valence-corrected chi connectivity index (χ4v) is 2.84. The molecule has 1 aliphatic heterocycles. The highest BCUT2D eigenvalue weighted by atomic mass is 35.5. The molecular formula is C10H10ClNOS. The Labute approximate surface area is 92.0 Å². The van der Waals surface area contributed by atoms with Crippen LogP contribution in [0.2, 0.25) is 0 Å². The molecule has 2 rings (SSSR count). The van der Waals surface area contributed by atoms with Crippen molar-refractivity contribution in [2.75, 3.05) is 11.2 Å². The quantitative estimate of drug-likeness (QED) is 0.788. The molecule has 1 amide bonds. The summed E-state index contributed by atoms with van der Waals surface area (Å²) in [5.41, 5.74) is 0.910. The first-order chi connectivity index (χ1) is 6.81. The van der Waals surface area contributed by atoms with Gasteiger partial charge < -0.3 is 5.32 Å². The van der Waals surface area contributed by atoms with Gasteiger partial charge in [-0.15, -0.1) is 23.4 Å². The first kappa shape index (κ1) is 9.87. The van der Waals surface area contributed by atoms with Crippen LogP contribution >= 0.6 is 23.4 Å². The van der Waals surface area contributed by atoms with Crippen LogP contribution in [0, 0.1) is 0 Å². The Balaban J connectivity index is 2.22. The van der Waals surface area contributed by atoms with Crippen LogP contribution in [-0.4, -0.2) is 17.0 Å². The predicted octanol–water partition coefficient (Wildman–Crippen LogP) is 2.73. The van der Waals surface area contributed by atoms with Crippen molar-refractivity contribution in [1.29, 1.82) is 0 Å². The van der Waals surface area contributed by atoms with Crippen LogP contribution in [0.15, 0.2) is 29.2 Å². The summed E-state index contributed by atoms with van der Waals surface area (Å²) in [6.07, 6.45) is 0.715. The molecule has 0 aliphatic carbocycles. The lowest BCUT2D eigenvalue weighted by atomic mass is 10.2. The van der Waals surface area contributed by atoms with Crippen LogP contribution in [0.4, 0.5) is 5.69 Å². The van der Waals surface area contributed by atoms with Crippen molar-refractivity contribution in [3.8, 4) is 0 Å². The van der Waals surface area contributed by atoms with Crippen LogP contribution in [-0.2, 0) is 4.79 Å². The normalized spacial score (nSPS) is 20.1. The molecule has 2 nitrogen and oxygen atoms in total. The van der Waals surface area contributed by atoms with Gasteiger partial charge in [0, 0.05) is 10.8 Å². The molecule has 0 fully saturated rings. The van der Waals surface area contributed by atoms with Crippen molar-refractivity contribution in [1.82, 2.24) is 0 Å². The maximum Gasteiger partial charge on any atom is 0.237 e. The number of anilines is 1. The molecule has 1 aromatic carbocycles. The predicted molar refractivity (Wildman–Crippen MR) is 60.1 cm³/mol. The van der Waals surface area contributed by atoms with Gasteiger partial charge in [-0.05, 0) is 18.6 Å². The van der Waals surface area contributed by atoms with Crippen molar-refractivity contribution in [2.45, 2.75) is 16.6 Å². The first-order valence-corrected chi connectivity index (χ1v) is 5.85. The van der Waals surface area contributed by atoms with Gasteiger partial charge in [0.05, 0.1) is 10.9 Å². The summed E-state index contributed by atoms with van der Waals surface area (Å²) in [6, 6.07) is 7.82. The maximum absolute atomic E-state index is 11.6. The molecule has 0 saturated heterocycles. The van der Waals surface area contributed by atoms with E-state index < -0.39 is 0 Å². The lowest BCUT2D eigenvalue weighted by Crippen LogP contribution is -2.29. The number of benzene rings is 1. The zero-order valence-electron chi connectivity index (χ0n) is 7.50. The van der Waals surface area contributed by atoms with Crippen LogP contribution in [0.25, 0.3) is 0 Å². The molecule has 1 aliphatic rings. The average Bonchev–Trinajstić information content (AvgIpc) is 2.19. The zero-order valence-corrected chi connectivity index (χ0v) is 9.07. The fraction of sp³-hybridized carbons (Fsp3) is 0.300. The second-order valence-corrected chi connectivity index (χ2v) is 4.69. The SMILES string of the molecule is O=C1Nc2ccccc2S[C@@H]1CCCl. The third kappa shape index (κ3) is 1.88. The van der Waals surface area contributed by atoms with E-state index in [-0.39, 0.29) is 11.2 Å². The number of hydrogen-bond acceptors (Lipinski definition) is 2. The topological polar surface area (TPSA) is 29.1 Å². The van der Waals surface area contributed by atoms with Crippen molar-refractivity contribution in [2.24, 2.45) is 0 Å². The van der Waals surface area contributed by atoms with Crippen LogP contribution in [0.5, 0.6) is 0 Å². The first-order valence-electron chi connectivity index (χ1n) is 4.44. The summed E-state index contributed by atoms with van der Waals surface area (Å²) in [5.74, 6) is 0.585. The van der Waals surface area contributed by atoms with Gasteiger partial charge in [0.25, 0.3) is 0 Å². The standard InChI is InChI=1S/C10H10ClNOS/c11-6-5-9-10(13)12-7-3-1-2-4-8(7)14-9/h1-4,9H,5-6H2,(H,12,13)/t9-/m1/s1. The van der Waals surface area contributed by atoms with Gasteiger partial charge in [-0.25, -0.2) is 0 Å². The van der Waals surface area contributed by atoms with E-state index in [2.05, 4.69) is 5.32 Å². The van der Waals surface area contributed by atoms with Crippen molar-refractivity contribution >= 4 is 35.0 Å².